The second-order valence-corrected chi connectivity index (χ2v) is 8.23. The molecule has 1 aromatic heterocycles. The molecule has 3 heterocycles. The minimum absolute atomic E-state index is 0.154. The summed E-state index contributed by atoms with van der Waals surface area (Å²) in [6.45, 7) is 2.63. The Morgan fingerprint density at radius 2 is 1.69 bits per heavy atom. The van der Waals surface area contributed by atoms with Crippen molar-refractivity contribution in [3.8, 4) is 0 Å². The number of rotatable bonds is 6. The van der Waals surface area contributed by atoms with E-state index in [0.717, 1.165) is 30.0 Å². The molecule has 168 valence electrons. The summed E-state index contributed by atoms with van der Waals surface area (Å²) in [6, 6.07) is 9.89. The summed E-state index contributed by atoms with van der Waals surface area (Å²) in [5.74, 6) is 0.196. The molecule has 0 bridgehead atoms. The van der Waals surface area contributed by atoms with Crippen molar-refractivity contribution in [3.63, 3.8) is 0 Å². The van der Waals surface area contributed by atoms with E-state index in [1.807, 2.05) is 12.1 Å². The fraction of sp³-hybridized carbons (Fsp3) is 0.417. The summed E-state index contributed by atoms with van der Waals surface area (Å²) in [5, 5.41) is 8.40. The molecule has 0 spiro atoms. The van der Waals surface area contributed by atoms with Gasteiger partial charge in [-0.15, -0.1) is 0 Å². The van der Waals surface area contributed by atoms with E-state index < -0.39 is 0 Å². The molecule has 8 heteroatoms. The Hall–Kier alpha value is -3.29. The van der Waals surface area contributed by atoms with E-state index in [-0.39, 0.29) is 30.6 Å². The highest BCUT2D eigenvalue weighted by molar-refractivity contribution is 6.39. The first-order valence-electron chi connectivity index (χ1n) is 11.2. The third kappa shape index (κ3) is 5.69. The van der Waals surface area contributed by atoms with Gasteiger partial charge in [-0.1, -0.05) is 31.0 Å². The van der Waals surface area contributed by atoms with Crippen molar-refractivity contribution in [2.75, 3.05) is 18.0 Å². The molecule has 2 aliphatic heterocycles. The van der Waals surface area contributed by atoms with Crippen LogP contribution < -0.4 is 10.2 Å². The average Bonchev–Trinajstić information content (AvgIpc) is 3.10. The lowest BCUT2D eigenvalue weighted by atomic mass is 10.1. The van der Waals surface area contributed by atoms with Crippen LogP contribution in [0.4, 0.5) is 10.2 Å². The third-order valence-electron chi connectivity index (χ3n) is 5.80. The van der Waals surface area contributed by atoms with Gasteiger partial charge in [0.1, 0.15) is 17.3 Å². The highest BCUT2D eigenvalue weighted by Gasteiger charge is 2.24. The van der Waals surface area contributed by atoms with Gasteiger partial charge in [0, 0.05) is 38.7 Å². The molecule has 0 radical (unpaired) electrons. The normalized spacial score (nSPS) is 17.0. The maximum Gasteiger partial charge on any atom is 0.267 e. The monoisotopic (exact) mass is 437 g/mol. The topological polar surface area (TPSA) is 77.9 Å². The SMILES string of the molecule is O=C(NCc1ccc(N2CCCCCC2)nc1)C1=NN(Cc2ccc(F)cc2)C(=O)CC1. The molecule has 0 saturated carbocycles. The summed E-state index contributed by atoms with van der Waals surface area (Å²) in [7, 11) is 0. The third-order valence-corrected chi connectivity index (χ3v) is 5.80. The number of hydrogen-bond donors (Lipinski definition) is 1. The molecule has 1 aromatic carbocycles. The van der Waals surface area contributed by atoms with Crippen molar-refractivity contribution >= 4 is 23.3 Å². The van der Waals surface area contributed by atoms with Crippen molar-refractivity contribution in [2.24, 2.45) is 5.10 Å². The Morgan fingerprint density at radius 3 is 2.38 bits per heavy atom. The van der Waals surface area contributed by atoms with Crippen LogP contribution in [0.5, 0.6) is 0 Å². The van der Waals surface area contributed by atoms with E-state index in [2.05, 4.69) is 20.3 Å². The fourth-order valence-electron chi connectivity index (χ4n) is 3.94. The highest BCUT2D eigenvalue weighted by atomic mass is 19.1. The zero-order valence-electron chi connectivity index (χ0n) is 18.1. The Labute approximate surface area is 187 Å². The number of nitrogens with one attached hydrogen (secondary N) is 1. The molecule has 1 fully saturated rings. The number of amides is 2. The van der Waals surface area contributed by atoms with Crippen LogP contribution in [0.25, 0.3) is 0 Å². The van der Waals surface area contributed by atoms with Crippen LogP contribution in [0.15, 0.2) is 47.7 Å². The van der Waals surface area contributed by atoms with Gasteiger partial charge < -0.3 is 10.2 Å². The van der Waals surface area contributed by atoms with Gasteiger partial charge in [-0.25, -0.2) is 14.4 Å². The lowest BCUT2D eigenvalue weighted by molar-refractivity contribution is -0.132. The van der Waals surface area contributed by atoms with Crippen LogP contribution in [-0.2, 0) is 22.7 Å². The summed E-state index contributed by atoms with van der Waals surface area (Å²) in [4.78, 5) is 31.7. The van der Waals surface area contributed by atoms with E-state index in [4.69, 9.17) is 0 Å². The largest absolute Gasteiger partial charge is 0.357 e. The Morgan fingerprint density at radius 1 is 0.969 bits per heavy atom. The van der Waals surface area contributed by atoms with Crippen molar-refractivity contribution < 1.29 is 14.0 Å². The van der Waals surface area contributed by atoms with E-state index in [9.17, 15) is 14.0 Å². The first kappa shape index (κ1) is 21.9. The van der Waals surface area contributed by atoms with Crippen LogP contribution >= 0.6 is 0 Å². The maximum atomic E-state index is 13.1. The van der Waals surface area contributed by atoms with Crippen LogP contribution in [-0.4, -0.2) is 40.6 Å². The number of carbonyl (C=O) groups is 2. The van der Waals surface area contributed by atoms with Crippen molar-refractivity contribution in [3.05, 3.63) is 59.5 Å². The number of anilines is 1. The fourth-order valence-corrected chi connectivity index (χ4v) is 3.94. The standard InChI is InChI=1S/C24H28FN5O2/c25-20-8-5-18(6-9-20)17-30-23(31)12-10-21(28-30)24(32)27-16-19-7-11-22(26-15-19)29-13-3-1-2-4-14-29/h5-9,11,15H,1-4,10,12-14,16-17H2,(H,27,32). The minimum Gasteiger partial charge on any atom is -0.357 e. The summed E-state index contributed by atoms with van der Waals surface area (Å²) < 4.78 is 13.1. The van der Waals surface area contributed by atoms with E-state index in [1.165, 1.54) is 42.8 Å². The Balaban J connectivity index is 1.33. The number of aromatic nitrogens is 1. The molecular formula is C24H28FN5O2. The molecule has 4 rings (SSSR count). The van der Waals surface area contributed by atoms with Gasteiger partial charge in [0.2, 0.25) is 5.91 Å². The van der Waals surface area contributed by atoms with Crippen LogP contribution in [0.1, 0.15) is 49.7 Å². The molecule has 0 aliphatic carbocycles. The van der Waals surface area contributed by atoms with Crippen molar-refractivity contribution in [2.45, 2.75) is 51.6 Å². The summed E-state index contributed by atoms with van der Waals surface area (Å²) in [6.07, 6.45) is 7.27. The number of carbonyl (C=O) groups excluding carboxylic acids is 2. The second-order valence-electron chi connectivity index (χ2n) is 8.23. The smallest absolute Gasteiger partial charge is 0.267 e. The van der Waals surface area contributed by atoms with Crippen molar-refractivity contribution in [1.29, 1.82) is 0 Å². The van der Waals surface area contributed by atoms with E-state index in [0.29, 0.717) is 18.7 Å². The molecule has 1 saturated heterocycles. The molecule has 7 nitrogen and oxygen atoms in total. The van der Waals surface area contributed by atoms with Gasteiger partial charge in [0.15, 0.2) is 0 Å². The number of hydrogen-bond acceptors (Lipinski definition) is 5. The molecular weight excluding hydrogens is 409 g/mol. The molecule has 0 atom stereocenters. The second kappa shape index (κ2) is 10.3. The Kier molecular flexibility index (Phi) is 7.09. The van der Waals surface area contributed by atoms with Crippen molar-refractivity contribution in [1.82, 2.24) is 15.3 Å². The molecule has 32 heavy (non-hydrogen) atoms. The molecule has 2 aliphatic rings. The van der Waals surface area contributed by atoms with Gasteiger partial charge >= 0.3 is 0 Å². The molecule has 2 aromatic rings. The quantitative estimate of drug-likeness (QED) is 0.752. The number of hydrazone groups is 1. The van der Waals surface area contributed by atoms with E-state index in [1.54, 1.807) is 18.3 Å². The van der Waals surface area contributed by atoms with E-state index >= 15 is 0 Å². The van der Waals surface area contributed by atoms with Crippen LogP contribution in [0.2, 0.25) is 0 Å². The number of pyridine rings is 1. The zero-order valence-corrected chi connectivity index (χ0v) is 18.1. The first-order valence-corrected chi connectivity index (χ1v) is 11.2. The highest BCUT2D eigenvalue weighted by Crippen LogP contribution is 2.18. The number of halogens is 1. The first-order chi connectivity index (χ1) is 15.6. The predicted molar refractivity (Wildman–Crippen MR) is 120 cm³/mol. The number of nitrogens with zero attached hydrogens (tertiary/aromatic N) is 4. The van der Waals surface area contributed by atoms with Gasteiger partial charge in [0.25, 0.3) is 5.91 Å². The summed E-state index contributed by atoms with van der Waals surface area (Å²) >= 11 is 0. The summed E-state index contributed by atoms with van der Waals surface area (Å²) in [5.41, 5.74) is 1.98. The van der Waals surface area contributed by atoms with Gasteiger partial charge in [-0.3, -0.25) is 9.59 Å². The lowest BCUT2D eigenvalue weighted by Crippen LogP contribution is -2.38. The molecule has 1 N–H and O–H groups in total. The minimum atomic E-state index is -0.337. The van der Waals surface area contributed by atoms with Gasteiger partial charge in [-0.2, -0.15) is 5.10 Å². The average molecular weight is 438 g/mol. The Bertz CT molecular complexity index is 967. The van der Waals surface area contributed by atoms with Gasteiger partial charge in [0.05, 0.1) is 6.54 Å². The zero-order chi connectivity index (χ0) is 22.3. The molecule has 2 amide bonds. The van der Waals surface area contributed by atoms with Crippen LogP contribution in [0, 0.1) is 5.82 Å². The lowest BCUT2D eigenvalue weighted by Gasteiger charge is -2.23. The van der Waals surface area contributed by atoms with Gasteiger partial charge in [-0.05, 0) is 42.2 Å². The maximum absolute atomic E-state index is 13.1. The van der Waals surface area contributed by atoms with Crippen LogP contribution in [0.3, 0.4) is 0 Å². The molecule has 0 unspecified atom stereocenters. The number of benzene rings is 1. The predicted octanol–water partition coefficient (Wildman–Crippen LogP) is 3.40.